The van der Waals surface area contributed by atoms with Crippen LogP contribution in [0.3, 0.4) is 0 Å². The van der Waals surface area contributed by atoms with Gasteiger partial charge in [0.15, 0.2) is 6.10 Å². The number of rotatable bonds is 7. The second-order valence-electron chi connectivity index (χ2n) is 5.98. The first kappa shape index (κ1) is 19.2. The fourth-order valence-electron chi connectivity index (χ4n) is 2.23. The van der Waals surface area contributed by atoms with Crippen LogP contribution in [0, 0.1) is 13.8 Å². The second-order valence-corrected chi connectivity index (χ2v) is 5.98. The summed E-state index contributed by atoms with van der Waals surface area (Å²) in [5, 5.41) is 2.79. The average Bonchev–Trinajstić information content (AvgIpc) is 2.63. The normalized spacial score (nSPS) is 11.3. The molecular weight excluding hydrogens is 330 g/mol. The highest BCUT2D eigenvalue weighted by atomic mass is 16.5. The number of carbonyl (C=O) groups excluding carboxylic acids is 2. The molecule has 0 bridgehead atoms. The Balaban J connectivity index is 1.96. The highest BCUT2D eigenvalue weighted by Crippen LogP contribution is 2.17. The molecule has 1 N–H and O–H groups in total. The van der Waals surface area contributed by atoms with Crippen LogP contribution in [0.2, 0.25) is 0 Å². The highest BCUT2D eigenvalue weighted by Gasteiger charge is 2.19. The van der Waals surface area contributed by atoms with E-state index in [1.165, 1.54) is 0 Å². The molecule has 136 valence electrons. The molecule has 0 radical (unpaired) electrons. The highest BCUT2D eigenvalue weighted by molar-refractivity contribution is 5.97. The van der Waals surface area contributed by atoms with Crippen LogP contribution in [-0.2, 0) is 9.53 Å². The Kier molecular flexibility index (Phi) is 6.55. The van der Waals surface area contributed by atoms with Crippen molar-refractivity contribution in [2.75, 3.05) is 11.9 Å². The first-order valence-electron chi connectivity index (χ1n) is 8.33. The third kappa shape index (κ3) is 5.21. The van der Waals surface area contributed by atoms with Crippen molar-refractivity contribution in [3.05, 3.63) is 71.8 Å². The molecule has 0 heterocycles. The number of esters is 1. The van der Waals surface area contributed by atoms with Crippen LogP contribution < -0.4 is 10.1 Å². The summed E-state index contributed by atoms with van der Waals surface area (Å²) in [7, 11) is 0. The van der Waals surface area contributed by atoms with E-state index in [0.29, 0.717) is 23.6 Å². The van der Waals surface area contributed by atoms with E-state index in [0.717, 1.165) is 11.1 Å². The zero-order chi connectivity index (χ0) is 19.1. The lowest BCUT2D eigenvalue weighted by Gasteiger charge is -2.15. The number of carbonyl (C=O) groups is 2. The van der Waals surface area contributed by atoms with Gasteiger partial charge in [-0.2, -0.15) is 0 Å². The molecule has 2 aromatic rings. The van der Waals surface area contributed by atoms with Crippen molar-refractivity contribution in [3.8, 4) is 5.75 Å². The lowest BCUT2D eigenvalue weighted by Crippen LogP contribution is -2.30. The zero-order valence-corrected chi connectivity index (χ0v) is 15.2. The summed E-state index contributed by atoms with van der Waals surface area (Å²) in [6.45, 7) is 9.35. The van der Waals surface area contributed by atoms with Crippen molar-refractivity contribution in [3.63, 3.8) is 0 Å². The van der Waals surface area contributed by atoms with Gasteiger partial charge < -0.3 is 14.8 Å². The average molecular weight is 353 g/mol. The van der Waals surface area contributed by atoms with Gasteiger partial charge in [-0.3, -0.25) is 4.79 Å². The van der Waals surface area contributed by atoms with Gasteiger partial charge in [0.05, 0.1) is 5.56 Å². The van der Waals surface area contributed by atoms with Crippen LogP contribution in [0.5, 0.6) is 5.75 Å². The SMILES string of the molecule is C=CCOc1ccc(C(=O)OC(C)C(=O)Nc2cc(C)ccc2C)cc1. The summed E-state index contributed by atoms with van der Waals surface area (Å²) >= 11 is 0. The number of ether oxygens (including phenoxy) is 2. The predicted molar refractivity (Wildman–Crippen MR) is 102 cm³/mol. The fourth-order valence-corrected chi connectivity index (χ4v) is 2.23. The molecule has 2 rings (SSSR count). The molecule has 26 heavy (non-hydrogen) atoms. The van der Waals surface area contributed by atoms with Crippen LogP contribution in [0.15, 0.2) is 55.1 Å². The van der Waals surface area contributed by atoms with Gasteiger partial charge in [0.2, 0.25) is 0 Å². The molecule has 2 aromatic carbocycles. The molecule has 1 amide bonds. The zero-order valence-electron chi connectivity index (χ0n) is 15.2. The number of aryl methyl sites for hydroxylation is 2. The molecular formula is C21H23NO4. The van der Waals surface area contributed by atoms with Gasteiger partial charge in [0, 0.05) is 5.69 Å². The minimum absolute atomic E-state index is 0.349. The molecule has 0 aliphatic carbocycles. The molecule has 0 saturated heterocycles. The summed E-state index contributed by atoms with van der Waals surface area (Å²) in [4.78, 5) is 24.5. The summed E-state index contributed by atoms with van der Waals surface area (Å²) in [6, 6.07) is 12.3. The van der Waals surface area contributed by atoms with Crippen molar-refractivity contribution < 1.29 is 19.1 Å². The molecule has 0 aliphatic heterocycles. The molecule has 1 atom stereocenters. The van der Waals surface area contributed by atoms with Crippen LogP contribution >= 0.6 is 0 Å². The van der Waals surface area contributed by atoms with Crippen LogP contribution in [0.1, 0.15) is 28.4 Å². The van der Waals surface area contributed by atoms with E-state index >= 15 is 0 Å². The standard InChI is InChI=1S/C21H23NO4/c1-5-12-25-18-10-8-17(9-11-18)21(24)26-16(4)20(23)22-19-13-14(2)6-7-15(19)3/h5-11,13,16H,1,12H2,2-4H3,(H,22,23). The molecule has 0 spiro atoms. The predicted octanol–water partition coefficient (Wildman–Crippen LogP) is 4.05. The monoisotopic (exact) mass is 353 g/mol. The van der Waals surface area contributed by atoms with Crippen molar-refractivity contribution in [1.29, 1.82) is 0 Å². The minimum atomic E-state index is -0.917. The molecule has 0 fully saturated rings. The van der Waals surface area contributed by atoms with Gasteiger partial charge in [0.1, 0.15) is 12.4 Å². The number of amides is 1. The van der Waals surface area contributed by atoms with Gasteiger partial charge in [-0.15, -0.1) is 0 Å². The van der Waals surface area contributed by atoms with E-state index < -0.39 is 12.1 Å². The van der Waals surface area contributed by atoms with Crippen molar-refractivity contribution in [2.24, 2.45) is 0 Å². The van der Waals surface area contributed by atoms with Gasteiger partial charge >= 0.3 is 5.97 Å². The van der Waals surface area contributed by atoms with Crippen LogP contribution in [0.25, 0.3) is 0 Å². The van der Waals surface area contributed by atoms with Crippen molar-refractivity contribution >= 4 is 17.6 Å². The Bertz CT molecular complexity index is 796. The fraction of sp³-hybridized carbons (Fsp3) is 0.238. The van der Waals surface area contributed by atoms with Crippen LogP contribution in [0.4, 0.5) is 5.69 Å². The lowest BCUT2D eigenvalue weighted by atomic mass is 10.1. The van der Waals surface area contributed by atoms with Gasteiger partial charge in [-0.1, -0.05) is 24.8 Å². The lowest BCUT2D eigenvalue weighted by molar-refractivity contribution is -0.123. The van der Waals surface area contributed by atoms with E-state index in [9.17, 15) is 9.59 Å². The molecule has 0 aromatic heterocycles. The number of nitrogens with one attached hydrogen (secondary N) is 1. The van der Waals surface area contributed by atoms with Gasteiger partial charge in [0.25, 0.3) is 5.91 Å². The first-order valence-corrected chi connectivity index (χ1v) is 8.33. The van der Waals surface area contributed by atoms with E-state index in [2.05, 4.69) is 11.9 Å². The third-order valence-electron chi connectivity index (χ3n) is 3.76. The minimum Gasteiger partial charge on any atom is -0.490 e. The molecule has 0 aliphatic rings. The van der Waals surface area contributed by atoms with Crippen LogP contribution in [-0.4, -0.2) is 24.6 Å². The third-order valence-corrected chi connectivity index (χ3v) is 3.76. The molecule has 0 saturated carbocycles. The second kappa shape index (κ2) is 8.85. The smallest absolute Gasteiger partial charge is 0.338 e. The maximum absolute atomic E-state index is 12.3. The first-order chi connectivity index (χ1) is 12.4. The number of hydrogen-bond donors (Lipinski definition) is 1. The van der Waals surface area contributed by atoms with Gasteiger partial charge in [-0.25, -0.2) is 4.79 Å². The Morgan fingerprint density at radius 2 is 1.85 bits per heavy atom. The topological polar surface area (TPSA) is 64.6 Å². The Hall–Kier alpha value is -3.08. The van der Waals surface area contributed by atoms with E-state index in [-0.39, 0.29) is 5.91 Å². The Morgan fingerprint density at radius 3 is 2.50 bits per heavy atom. The molecule has 5 heteroatoms. The van der Waals surface area contributed by atoms with Gasteiger partial charge in [-0.05, 0) is 62.2 Å². The number of benzene rings is 2. The van der Waals surface area contributed by atoms with E-state index in [4.69, 9.17) is 9.47 Å². The summed E-state index contributed by atoms with van der Waals surface area (Å²) in [5.74, 6) is -0.316. The van der Waals surface area contributed by atoms with E-state index in [1.54, 1.807) is 37.3 Å². The van der Waals surface area contributed by atoms with E-state index in [1.807, 2.05) is 32.0 Å². The molecule has 5 nitrogen and oxygen atoms in total. The van der Waals surface area contributed by atoms with Crippen molar-refractivity contribution in [1.82, 2.24) is 0 Å². The summed E-state index contributed by atoms with van der Waals surface area (Å²) < 4.78 is 10.6. The Labute approximate surface area is 153 Å². The summed E-state index contributed by atoms with van der Waals surface area (Å²) in [5.41, 5.74) is 3.04. The Morgan fingerprint density at radius 1 is 1.15 bits per heavy atom. The number of anilines is 1. The van der Waals surface area contributed by atoms with Crippen molar-refractivity contribution in [2.45, 2.75) is 26.9 Å². The quantitative estimate of drug-likeness (QED) is 0.602. The molecule has 1 unspecified atom stereocenters. The maximum Gasteiger partial charge on any atom is 0.338 e. The summed E-state index contributed by atoms with van der Waals surface area (Å²) in [6.07, 6.45) is 0.720. The largest absolute Gasteiger partial charge is 0.490 e. The number of hydrogen-bond acceptors (Lipinski definition) is 4. The maximum atomic E-state index is 12.3.